The first kappa shape index (κ1) is 17.3. The van der Waals surface area contributed by atoms with Crippen molar-refractivity contribution in [3.63, 3.8) is 0 Å². The minimum absolute atomic E-state index is 0.0240. The highest BCUT2D eigenvalue weighted by molar-refractivity contribution is 5.88. The lowest BCUT2D eigenvalue weighted by Gasteiger charge is -2.43. The molecule has 2 aliphatic rings. The van der Waals surface area contributed by atoms with Crippen LogP contribution in [0.5, 0.6) is 0 Å². The summed E-state index contributed by atoms with van der Waals surface area (Å²) in [5, 5.41) is 3.00. The lowest BCUT2D eigenvalue weighted by molar-refractivity contribution is -0.162. The van der Waals surface area contributed by atoms with Crippen molar-refractivity contribution in [2.45, 2.75) is 84.0 Å². The summed E-state index contributed by atoms with van der Waals surface area (Å²) < 4.78 is 6.08. The van der Waals surface area contributed by atoms with Crippen LogP contribution in [0.25, 0.3) is 0 Å². The van der Waals surface area contributed by atoms with E-state index in [0.717, 1.165) is 25.7 Å². The van der Waals surface area contributed by atoms with Crippen LogP contribution in [-0.2, 0) is 14.3 Å². The minimum atomic E-state index is -0.553. The fourth-order valence-corrected chi connectivity index (χ4v) is 3.69. The van der Waals surface area contributed by atoms with Crippen LogP contribution in [0, 0.1) is 5.92 Å². The first-order valence-corrected chi connectivity index (χ1v) is 8.70. The van der Waals surface area contributed by atoms with Gasteiger partial charge in [-0.1, -0.05) is 27.2 Å². The highest BCUT2D eigenvalue weighted by Gasteiger charge is 2.53. The van der Waals surface area contributed by atoms with Crippen molar-refractivity contribution in [2.24, 2.45) is 5.92 Å². The van der Waals surface area contributed by atoms with Gasteiger partial charge >= 0.3 is 0 Å². The highest BCUT2D eigenvalue weighted by atomic mass is 16.5. The van der Waals surface area contributed by atoms with Crippen molar-refractivity contribution in [1.82, 2.24) is 10.2 Å². The number of carbonyl (C=O) groups excluding carboxylic acids is 2. The predicted octanol–water partition coefficient (Wildman–Crippen LogP) is 2.44. The van der Waals surface area contributed by atoms with E-state index in [1.165, 1.54) is 6.42 Å². The number of ether oxygens (including phenoxy) is 1. The molecule has 126 valence electrons. The Kier molecular flexibility index (Phi) is 5.48. The Labute approximate surface area is 133 Å². The SMILES string of the molecule is CCC(=O)N1[C@@H](C(=O)N[C@H](C)CC)CO[C@]12CCC[C@H](C)C2. The Hall–Kier alpha value is -1.10. The van der Waals surface area contributed by atoms with Crippen molar-refractivity contribution in [3.05, 3.63) is 0 Å². The Morgan fingerprint density at radius 3 is 2.73 bits per heavy atom. The maximum atomic E-state index is 12.6. The molecule has 1 spiro atoms. The summed E-state index contributed by atoms with van der Waals surface area (Å²) in [5.41, 5.74) is -0.553. The second-order valence-corrected chi connectivity index (χ2v) is 6.91. The van der Waals surface area contributed by atoms with Crippen molar-refractivity contribution in [1.29, 1.82) is 0 Å². The van der Waals surface area contributed by atoms with E-state index in [2.05, 4.69) is 12.2 Å². The van der Waals surface area contributed by atoms with E-state index < -0.39 is 11.8 Å². The Morgan fingerprint density at radius 1 is 1.41 bits per heavy atom. The van der Waals surface area contributed by atoms with Crippen LogP contribution >= 0.6 is 0 Å². The van der Waals surface area contributed by atoms with Crippen molar-refractivity contribution < 1.29 is 14.3 Å². The first-order chi connectivity index (χ1) is 10.4. The van der Waals surface area contributed by atoms with E-state index in [4.69, 9.17) is 4.74 Å². The van der Waals surface area contributed by atoms with Crippen molar-refractivity contribution >= 4 is 11.8 Å². The third kappa shape index (κ3) is 3.29. The Bertz CT molecular complexity index is 426. The maximum absolute atomic E-state index is 12.6. The Balaban J connectivity index is 2.20. The molecule has 1 aliphatic heterocycles. The standard InChI is InChI=1S/C17H30N2O3/c1-5-13(4)18-16(21)14-11-22-17(19(14)15(20)6-2)9-7-8-12(3)10-17/h12-14H,5-11H2,1-4H3,(H,18,21)/t12-,13+,14+,17-/m0/s1. The van der Waals surface area contributed by atoms with Crippen LogP contribution < -0.4 is 5.32 Å². The molecular formula is C17H30N2O3. The number of amides is 2. The van der Waals surface area contributed by atoms with E-state index in [1.54, 1.807) is 4.90 Å². The van der Waals surface area contributed by atoms with Gasteiger partial charge in [0, 0.05) is 12.5 Å². The second kappa shape index (κ2) is 6.99. The molecule has 22 heavy (non-hydrogen) atoms. The average Bonchev–Trinajstić information content (AvgIpc) is 2.84. The number of hydrogen-bond acceptors (Lipinski definition) is 3. The summed E-state index contributed by atoms with van der Waals surface area (Å²) in [6, 6.07) is -0.361. The molecule has 5 heteroatoms. The highest BCUT2D eigenvalue weighted by Crippen LogP contribution is 2.43. The minimum Gasteiger partial charge on any atom is -0.353 e. The summed E-state index contributed by atoms with van der Waals surface area (Å²) in [7, 11) is 0. The largest absolute Gasteiger partial charge is 0.353 e. The molecular weight excluding hydrogens is 280 g/mol. The van der Waals surface area contributed by atoms with Crippen LogP contribution in [0.15, 0.2) is 0 Å². The van der Waals surface area contributed by atoms with E-state index in [9.17, 15) is 9.59 Å². The van der Waals surface area contributed by atoms with Gasteiger partial charge in [0.25, 0.3) is 0 Å². The third-order valence-electron chi connectivity index (χ3n) is 5.07. The summed E-state index contributed by atoms with van der Waals surface area (Å²) in [4.78, 5) is 26.9. The molecule has 0 aromatic carbocycles. The van der Waals surface area contributed by atoms with Gasteiger partial charge in [-0.15, -0.1) is 0 Å². The molecule has 2 rings (SSSR count). The van der Waals surface area contributed by atoms with Gasteiger partial charge in [0.15, 0.2) is 0 Å². The molecule has 0 radical (unpaired) electrons. The van der Waals surface area contributed by atoms with Crippen LogP contribution in [0.2, 0.25) is 0 Å². The van der Waals surface area contributed by atoms with Crippen LogP contribution in [0.4, 0.5) is 0 Å². The molecule has 1 aliphatic carbocycles. The molecule has 0 aromatic rings. The van der Waals surface area contributed by atoms with Crippen LogP contribution in [0.1, 0.15) is 66.2 Å². The van der Waals surface area contributed by atoms with Crippen molar-refractivity contribution in [3.8, 4) is 0 Å². The first-order valence-electron chi connectivity index (χ1n) is 8.70. The molecule has 2 fully saturated rings. The number of carbonyl (C=O) groups is 2. The van der Waals surface area contributed by atoms with Gasteiger partial charge in [-0.3, -0.25) is 14.5 Å². The predicted molar refractivity (Wildman–Crippen MR) is 85.1 cm³/mol. The number of rotatable bonds is 4. The summed E-state index contributed by atoms with van der Waals surface area (Å²) >= 11 is 0. The van der Waals surface area contributed by atoms with E-state index in [-0.39, 0.29) is 17.9 Å². The van der Waals surface area contributed by atoms with E-state index in [1.807, 2.05) is 20.8 Å². The van der Waals surface area contributed by atoms with E-state index >= 15 is 0 Å². The third-order valence-corrected chi connectivity index (χ3v) is 5.07. The zero-order chi connectivity index (χ0) is 16.3. The molecule has 4 atom stereocenters. The monoisotopic (exact) mass is 310 g/mol. The van der Waals surface area contributed by atoms with Crippen LogP contribution in [0.3, 0.4) is 0 Å². The normalized spacial score (nSPS) is 33.0. The lowest BCUT2D eigenvalue weighted by atomic mass is 9.83. The molecule has 0 aromatic heterocycles. The summed E-state index contributed by atoms with van der Waals surface area (Å²) in [6.07, 6.45) is 5.19. The number of hydrogen-bond donors (Lipinski definition) is 1. The summed E-state index contributed by atoms with van der Waals surface area (Å²) in [5.74, 6) is 0.472. The topological polar surface area (TPSA) is 58.6 Å². The molecule has 5 nitrogen and oxygen atoms in total. The maximum Gasteiger partial charge on any atom is 0.245 e. The van der Waals surface area contributed by atoms with Crippen molar-refractivity contribution in [2.75, 3.05) is 6.61 Å². The fourth-order valence-electron chi connectivity index (χ4n) is 3.69. The van der Waals surface area contributed by atoms with E-state index in [0.29, 0.717) is 18.9 Å². The van der Waals surface area contributed by atoms with Gasteiger partial charge in [0.05, 0.1) is 6.61 Å². The molecule has 0 bridgehead atoms. The summed E-state index contributed by atoms with van der Waals surface area (Å²) in [6.45, 7) is 8.39. The smallest absolute Gasteiger partial charge is 0.245 e. The number of nitrogens with one attached hydrogen (secondary N) is 1. The van der Waals surface area contributed by atoms with Gasteiger partial charge in [-0.25, -0.2) is 0 Å². The molecule has 1 N–H and O–H groups in total. The second-order valence-electron chi connectivity index (χ2n) is 6.91. The molecule has 2 amide bonds. The zero-order valence-electron chi connectivity index (χ0n) is 14.4. The lowest BCUT2D eigenvalue weighted by Crippen LogP contribution is -2.57. The van der Waals surface area contributed by atoms with Crippen LogP contribution in [-0.4, -0.2) is 41.1 Å². The van der Waals surface area contributed by atoms with Gasteiger partial charge in [-0.2, -0.15) is 0 Å². The molecule has 1 heterocycles. The Morgan fingerprint density at radius 2 is 2.14 bits per heavy atom. The number of nitrogens with zero attached hydrogens (tertiary/aromatic N) is 1. The quantitative estimate of drug-likeness (QED) is 0.867. The van der Waals surface area contributed by atoms with Gasteiger partial charge in [0.2, 0.25) is 11.8 Å². The fraction of sp³-hybridized carbons (Fsp3) is 0.882. The van der Waals surface area contributed by atoms with Gasteiger partial charge in [0.1, 0.15) is 11.8 Å². The molecule has 0 unspecified atom stereocenters. The average molecular weight is 310 g/mol. The molecule has 1 saturated carbocycles. The van der Waals surface area contributed by atoms with Gasteiger partial charge < -0.3 is 10.1 Å². The molecule has 1 saturated heterocycles. The zero-order valence-corrected chi connectivity index (χ0v) is 14.4. The van der Waals surface area contributed by atoms with Gasteiger partial charge in [-0.05, 0) is 38.5 Å².